The summed E-state index contributed by atoms with van der Waals surface area (Å²) < 4.78 is 24.8. The Morgan fingerprint density at radius 1 is 1.13 bits per heavy atom. The number of nitrogens with zero attached hydrogens (tertiary/aromatic N) is 3. The molecule has 0 aromatic heterocycles. The molecule has 6 nitrogen and oxygen atoms in total. The van der Waals surface area contributed by atoms with Gasteiger partial charge in [0.25, 0.3) is 0 Å². The maximum atomic E-state index is 13.9. The highest BCUT2D eigenvalue weighted by atomic mass is 127. The Balaban J connectivity index is 0.00000272. The van der Waals surface area contributed by atoms with Gasteiger partial charge in [-0.15, -0.1) is 24.0 Å². The minimum absolute atomic E-state index is 0. The predicted octanol–water partition coefficient (Wildman–Crippen LogP) is 3.25. The first kappa shape index (κ1) is 23.7. The quantitative estimate of drug-likeness (QED) is 0.359. The van der Waals surface area contributed by atoms with E-state index in [1.807, 2.05) is 7.05 Å². The van der Waals surface area contributed by atoms with Crippen molar-refractivity contribution in [3.8, 4) is 5.75 Å². The van der Waals surface area contributed by atoms with E-state index >= 15 is 0 Å². The average molecular weight is 540 g/mol. The van der Waals surface area contributed by atoms with Crippen molar-refractivity contribution in [2.45, 2.75) is 19.6 Å². The fraction of sp³-hybridized carbons (Fsp3) is 0.435. The molecular weight excluding hydrogens is 510 g/mol. The molecule has 0 radical (unpaired) electrons. The summed E-state index contributed by atoms with van der Waals surface area (Å²) in [5, 5.41) is 3.43. The van der Waals surface area contributed by atoms with Crippen LogP contribution in [0.2, 0.25) is 0 Å². The van der Waals surface area contributed by atoms with E-state index in [2.05, 4.69) is 50.4 Å². The second kappa shape index (κ2) is 11.6. The molecule has 31 heavy (non-hydrogen) atoms. The van der Waals surface area contributed by atoms with E-state index in [1.165, 1.54) is 11.6 Å². The molecule has 0 spiro atoms. The van der Waals surface area contributed by atoms with Crippen molar-refractivity contribution in [1.29, 1.82) is 0 Å². The molecule has 0 saturated carbocycles. The molecule has 4 rings (SSSR count). The van der Waals surface area contributed by atoms with Crippen molar-refractivity contribution < 1.29 is 13.9 Å². The van der Waals surface area contributed by atoms with Crippen molar-refractivity contribution in [3.05, 3.63) is 65.0 Å². The third-order valence-corrected chi connectivity index (χ3v) is 5.56. The highest BCUT2D eigenvalue weighted by molar-refractivity contribution is 14.0. The lowest BCUT2D eigenvalue weighted by Gasteiger charge is -2.36. The monoisotopic (exact) mass is 540 g/mol. The van der Waals surface area contributed by atoms with Crippen LogP contribution in [0.15, 0.2) is 47.5 Å². The first-order valence-corrected chi connectivity index (χ1v) is 10.5. The Labute approximate surface area is 200 Å². The van der Waals surface area contributed by atoms with E-state index in [1.54, 1.807) is 6.07 Å². The van der Waals surface area contributed by atoms with Crippen molar-refractivity contribution in [2.24, 2.45) is 4.99 Å². The maximum Gasteiger partial charge on any atom is 0.193 e. The second-order valence-electron chi connectivity index (χ2n) is 7.64. The van der Waals surface area contributed by atoms with Crippen LogP contribution in [-0.4, -0.2) is 62.3 Å². The molecule has 2 aliphatic heterocycles. The van der Waals surface area contributed by atoms with Gasteiger partial charge in [-0.25, -0.2) is 4.39 Å². The molecule has 1 N–H and O–H groups in total. The summed E-state index contributed by atoms with van der Waals surface area (Å²) in [6, 6.07) is 13.6. The van der Waals surface area contributed by atoms with Crippen LogP contribution in [0.1, 0.15) is 16.7 Å². The highest BCUT2D eigenvalue weighted by Gasteiger charge is 2.20. The largest absolute Gasteiger partial charge is 0.467 e. The number of benzene rings is 2. The number of fused-ring (bicyclic) bond motifs is 1. The summed E-state index contributed by atoms with van der Waals surface area (Å²) in [6.45, 7) is 6.12. The molecule has 0 unspecified atom stereocenters. The lowest BCUT2D eigenvalue weighted by molar-refractivity contribution is -0.0172. The number of halogens is 2. The first-order valence-electron chi connectivity index (χ1n) is 10.5. The van der Waals surface area contributed by atoms with Gasteiger partial charge in [-0.05, 0) is 29.7 Å². The molecule has 0 bridgehead atoms. The zero-order valence-electron chi connectivity index (χ0n) is 17.8. The summed E-state index contributed by atoms with van der Waals surface area (Å²) in [6.07, 6.45) is 0.660. The van der Waals surface area contributed by atoms with Gasteiger partial charge in [-0.1, -0.05) is 30.3 Å². The van der Waals surface area contributed by atoms with E-state index in [0.717, 1.165) is 55.6 Å². The molecule has 1 fully saturated rings. The molecule has 0 amide bonds. The molecule has 2 aliphatic rings. The number of nitrogens with one attached hydrogen (secondary N) is 1. The number of hydrogen-bond donors (Lipinski definition) is 1. The summed E-state index contributed by atoms with van der Waals surface area (Å²) in [4.78, 5) is 9.20. The molecule has 1 saturated heterocycles. The van der Waals surface area contributed by atoms with Crippen molar-refractivity contribution in [2.75, 3.05) is 46.6 Å². The molecule has 0 atom stereocenters. The Kier molecular flexibility index (Phi) is 8.91. The van der Waals surface area contributed by atoms with Gasteiger partial charge in [0.05, 0.1) is 6.61 Å². The normalized spacial score (nSPS) is 16.8. The van der Waals surface area contributed by atoms with Crippen LogP contribution >= 0.6 is 24.0 Å². The van der Waals surface area contributed by atoms with Gasteiger partial charge < -0.3 is 19.7 Å². The second-order valence-corrected chi connectivity index (χ2v) is 7.64. The number of guanidine groups is 1. The summed E-state index contributed by atoms with van der Waals surface area (Å²) in [5.74, 6) is 1.40. The third kappa shape index (κ3) is 6.30. The molecule has 2 aromatic carbocycles. The van der Waals surface area contributed by atoms with E-state index in [9.17, 15) is 4.39 Å². The lowest BCUT2D eigenvalue weighted by atomic mass is 10.1. The number of rotatable bonds is 5. The van der Waals surface area contributed by atoms with Gasteiger partial charge >= 0.3 is 0 Å². The van der Waals surface area contributed by atoms with Gasteiger partial charge in [-0.3, -0.25) is 9.89 Å². The Bertz CT molecular complexity index is 873. The van der Waals surface area contributed by atoms with Gasteiger partial charge in [-0.2, -0.15) is 0 Å². The topological polar surface area (TPSA) is 49.3 Å². The molecule has 2 heterocycles. The maximum absolute atomic E-state index is 13.9. The Hall–Kier alpha value is -1.91. The smallest absolute Gasteiger partial charge is 0.193 e. The predicted molar refractivity (Wildman–Crippen MR) is 130 cm³/mol. The Morgan fingerprint density at radius 2 is 1.90 bits per heavy atom. The van der Waals surface area contributed by atoms with Gasteiger partial charge in [0.2, 0.25) is 0 Å². The van der Waals surface area contributed by atoms with Gasteiger partial charge in [0.15, 0.2) is 12.8 Å². The fourth-order valence-electron chi connectivity index (χ4n) is 4.04. The van der Waals surface area contributed by atoms with Crippen molar-refractivity contribution in [3.63, 3.8) is 0 Å². The molecule has 0 aliphatic carbocycles. The molecule has 168 valence electrons. The highest BCUT2D eigenvalue weighted by Crippen LogP contribution is 2.29. The van der Waals surface area contributed by atoms with Crippen LogP contribution in [-0.2, 0) is 24.3 Å². The zero-order valence-corrected chi connectivity index (χ0v) is 20.2. The first-order chi connectivity index (χ1) is 14.7. The summed E-state index contributed by atoms with van der Waals surface area (Å²) in [5.41, 5.74) is 2.98. The number of ether oxygens (including phenoxy) is 2. The minimum Gasteiger partial charge on any atom is -0.467 e. The average Bonchev–Trinajstić information content (AvgIpc) is 2.78. The fourth-order valence-corrected chi connectivity index (χ4v) is 4.04. The lowest BCUT2D eigenvalue weighted by Crippen LogP contribution is -2.52. The molecule has 2 aromatic rings. The van der Waals surface area contributed by atoms with Crippen LogP contribution < -0.4 is 10.1 Å². The van der Waals surface area contributed by atoms with E-state index in [4.69, 9.17) is 9.47 Å². The summed E-state index contributed by atoms with van der Waals surface area (Å²) in [7, 11) is 1.81. The van der Waals surface area contributed by atoms with Crippen LogP contribution in [0.5, 0.6) is 5.75 Å². The summed E-state index contributed by atoms with van der Waals surface area (Å²) >= 11 is 0. The van der Waals surface area contributed by atoms with E-state index in [-0.39, 0.29) is 36.6 Å². The molecular formula is C23H30FIN4O2. The zero-order chi connectivity index (χ0) is 20.8. The van der Waals surface area contributed by atoms with E-state index < -0.39 is 0 Å². The van der Waals surface area contributed by atoms with Crippen LogP contribution in [0, 0.1) is 5.82 Å². The minimum atomic E-state index is -0.253. The van der Waals surface area contributed by atoms with Crippen LogP contribution in [0.3, 0.4) is 0 Å². The standard InChI is InChI=1S/C23H29FN4O2.HI/c1-25-23(28-11-9-27(10-12-28)15-18-5-3-2-4-6-18)26-8-7-19-13-21(24)14-20-16-29-17-30-22(19)20;/h2-6,13-14H,7-12,15-17H2,1H3,(H,25,26);1H. The number of hydrogen-bond acceptors (Lipinski definition) is 4. The van der Waals surface area contributed by atoms with Crippen molar-refractivity contribution in [1.82, 2.24) is 15.1 Å². The number of aliphatic imine (C=N–C) groups is 1. The van der Waals surface area contributed by atoms with E-state index in [0.29, 0.717) is 19.6 Å². The SMILES string of the molecule is CN=C(NCCc1cc(F)cc2c1OCOC2)N1CCN(Cc2ccccc2)CC1.I. The molecule has 8 heteroatoms. The van der Waals surface area contributed by atoms with Crippen molar-refractivity contribution >= 4 is 29.9 Å². The van der Waals surface area contributed by atoms with Crippen LogP contribution in [0.25, 0.3) is 0 Å². The van der Waals surface area contributed by atoms with Gasteiger partial charge in [0, 0.05) is 51.9 Å². The van der Waals surface area contributed by atoms with Crippen LogP contribution in [0.4, 0.5) is 4.39 Å². The third-order valence-electron chi connectivity index (χ3n) is 5.56. The Morgan fingerprint density at radius 3 is 2.65 bits per heavy atom. The number of piperazine rings is 1. The van der Waals surface area contributed by atoms with Gasteiger partial charge in [0.1, 0.15) is 11.6 Å².